The Bertz CT molecular complexity index is 966. The zero-order chi connectivity index (χ0) is 20.7. The lowest BCUT2D eigenvalue weighted by Crippen LogP contribution is -2.50. The maximum atomic E-state index is 13.4. The molecule has 2 aliphatic heterocycles. The summed E-state index contributed by atoms with van der Waals surface area (Å²) in [6, 6.07) is 4.21. The van der Waals surface area contributed by atoms with Gasteiger partial charge in [-0.2, -0.15) is 0 Å². The lowest BCUT2D eigenvalue weighted by atomic mass is 9.95. The molecule has 2 heterocycles. The zero-order valence-corrected chi connectivity index (χ0v) is 17.6. The first-order valence-corrected chi connectivity index (χ1v) is 12.5. The molecule has 10 heteroatoms. The number of likely N-dealkylation sites (tertiary alicyclic amines) is 1. The minimum absolute atomic E-state index is 0.0223. The number of hydrogen-bond acceptors (Lipinski definition) is 7. The number of amides is 1. The summed E-state index contributed by atoms with van der Waals surface area (Å²) in [5.41, 5.74) is 6.11. The van der Waals surface area contributed by atoms with Crippen LogP contribution in [0.3, 0.4) is 0 Å². The van der Waals surface area contributed by atoms with E-state index in [-0.39, 0.29) is 28.2 Å². The summed E-state index contributed by atoms with van der Waals surface area (Å²) in [6.45, 7) is 2.67. The lowest BCUT2D eigenvalue weighted by Gasteiger charge is -2.36. The van der Waals surface area contributed by atoms with Gasteiger partial charge in [-0.05, 0) is 50.6 Å². The first kappa shape index (κ1) is 21.1. The molecule has 1 aromatic rings. The summed E-state index contributed by atoms with van der Waals surface area (Å²) in [7, 11) is -6.05. The van der Waals surface area contributed by atoms with Crippen LogP contribution in [0.1, 0.15) is 18.4 Å². The predicted octanol–water partition coefficient (Wildman–Crippen LogP) is 0.140. The Labute approximate surface area is 165 Å². The Morgan fingerprint density at radius 2 is 1.86 bits per heavy atom. The van der Waals surface area contributed by atoms with E-state index in [9.17, 15) is 21.6 Å². The topological polar surface area (TPSA) is 124 Å². The second kappa shape index (κ2) is 7.64. The highest BCUT2D eigenvalue weighted by Crippen LogP contribution is 2.35. The number of hydrogen-bond donors (Lipinski definition) is 1. The predicted molar refractivity (Wildman–Crippen MR) is 105 cm³/mol. The van der Waals surface area contributed by atoms with Crippen LogP contribution < -0.4 is 10.5 Å². The van der Waals surface area contributed by atoms with Crippen LogP contribution in [-0.2, 0) is 24.5 Å². The van der Waals surface area contributed by atoms with Gasteiger partial charge in [0.15, 0.2) is 19.7 Å². The van der Waals surface area contributed by atoms with E-state index < -0.39 is 36.7 Å². The third kappa shape index (κ3) is 4.04. The summed E-state index contributed by atoms with van der Waals surface area (Å²) in [4.78, 5) is 13.3. The standard InChI is InChI=1S/C18H26N2O6S2/c1-12-3-4-15(26-2)16(9-12)28(24,25)17-11-27(22,23)10-14(17)20-7-5-13(6-8-20)18(19)21/h3-4,9,13-14,17H,5-8,10-11H2,1-2H3,(H2,19,21). The van der Waals surface area contributed by atoms with Gasteiger partial charge in [-0.25, -0.2) is 16.8 Å². The van der Waals surface area contributed by atoms with Crippen molar-refractivity contribution in [2.24, 2.45) is 11.7 Å². The molecule has 0 aliphatic carbocycles. The highest BCUT2D eigenvalue weighted by molar-refractivity contribution is 7.96. The molecule has 2 aliphatic rings. The van der Waals surface area contributed by atoms with Crippen LogP contribution in [0.25, 0.3) is 0 Å². The molecule has 2 fully saturated rings. The van der Waals surface area contributed by atoms with Gasteiger partial charge in [-0.15, -0.1) is 0 Å². The van der Waals surface area contributed by atoms with Gasteiger partial charge in [0.25, 0.3) is 0 Å². The third-order valence-corrected chi connectivity index (χ3v) is 9.83. The molecule has 2 unspecified atom stereocenters. The molecule has 2 atom stereocenters. The van der Waals surface area contributed by atoms with Crippen molar-refractivity contribution >= 4 is 25.6 Å². The molecule has 8 nitrogen and oxygen atoms in total. The average Bonchev–Trinajstić information content (AvgIpc) is 2.98. The monoisotopic (exact) mass is 430 g/mol. The van der Waals surface area contributed by atoms with Crippen molar-refractivity contribution in [1.29, 1.82) is 0 Å². The van der Waals surface area contributed by atoms with Crippen LogP contribution in [-0.4, -0.2) is 70.6 Å². The number of rotatable bonds is 5. The van der Waals surface area contributed by atoms with E-state index in [4.69, 9.17) is 10.5 Å². The fourth-order valence-corrected chi connectivity index (χ4v) is 9.19. The molecule has 0 bridgehead atoms. The molecule has 0 saturated carbocycles. The second-order valence-electron chi connectivity index (χ2n) is 7.59. The number of ether oxygens (including phenoxy) is 1. The van der Waals surface area contributed by atoms with E-state index in [1.54, 1.807) is 19.1 Å². The zero-order valence-electron chi connectivity index (χ0n) is 16.0. The fourth-order valence-electron chi connectivity index (χ4n) is 4.12. The van der Waals surface area contributed by atoms with E-state index >= 15 is 0 Å². The van der Waals surface area contributed by atoms with Crippen LogP contribution in [0, 0.1) is 12.8 Å². The highest BCUT2D eigenvalue weighted by Gasteiger charge is 2.49. The quantitative estimate of drug-likeness (QED) is 0.705. The number of benzene rings is 1. The first-order valence-electron chi connectivity index (χ1n) is 9.17. The van der Waals surface area contributed by atoms with Crippen molar-refractivity contribution in [1.82, 2.24) is 4.90 Å². The van der Waals surface area contributed by atoms with Gasteiger partial charge in [0.05, 0.1) is 23.9 Å². The lowest BCUT2D eigenvalue weighted by molar-refractivity contribution is -0.123. The Hall–Kier alpha value is -1.65. The molecular weight excluding hydrogens is 404 g/mol. The van der Waals surface area contributed by atoms with E-state index in [1.807, 2.05) is 4.90 Å². The number of carbonyl (C=O) groups is 1. The third-order valence-electron chi connectivity index (χ3n) is 5.70. The smallest absolute Gasteiger partial charge is 0.220 e. The molecule has 0 spiro atoms. The van der Waals surface area contributed by atoms with Gasteiger partial charge < -0.3 is 10.5 Å². The minimum Gasteiger partial charge on any atom is -0.495 e. The van der Waals surface area contributed by atoms with Gasteiger partial charge in [0.1, 0.15) is 10.6 Å². The van der Waals surface area contributed by atoms with Crippen LogP contribution in [0.4, 0.5) is 0 Å². The number of primary amides is 1. The number of nitrogens with zero attached hydrogens (tertiary/aromatic N) is 1. The highest BCUT2D eigenvalue weighted by atomic mass is 32.2. The average molecular weight is 431 g/mol. The van der Waals surface area contributed by atoms with Gasteiger partial charge in [-0.1, -0.05) is 6.07 Å². The normalized spacial score (nSPS) is 26.2. The minimum atomic E-state index is -3.94. The van der Waals surface area contributed by atoms with E-state index in [2.05, 4.69) is 0 Å². The molecule has 1 aromatic carbocycles. The summed E-state index contributed by atoms with van der Waals surface area (Å²) >= 11 is 0. The SMILES string of the molecule is COc1ccc(C)cc1S(=O)(=O)C1CS(=O)(=O)CC1N1CCC(C(N)=O)CC1. The second-order valence-corrected chi connectivity index (χ2v) is 11.9. The van der Waals surface area contributed by atoms with Gasteiger partial charge in [0, 0.05) is 12.0 Å². The van der Waals surface area contributed by atoms with Gasteiger partial charge in [0.2, 0.25) is 5.91 Å². The molecule has 28 heavy (non-hydrogen) atoms. The maximum absolute atomic E-state index is 13.4. The van der Waals surface area contributed by atoms with Crippen molar-refractivity contribution in [3.8, 4) is 5.75 Å². The number of nitrogens with two attached hydrogens (primary N) is 1. The van der Waals surface area contributed by atoms with Crippen LogP contribution >= 0.6 is 0 Å². The Balaban J connectivity index is 1.95. The molecule has 0 radical (unpaired) electrons. The Morgan fingerprint density at radius 3 is 2.43 bits per heavy atom. The van der Waals surface area contributed by atoms with Crippen molar-refractivity contribution in [3.63, 3.8) is 0 Å². The van der Waals surface area contributed by atoms with Crippen LogP contribution in [0.2, 0.25) is 0 Å². The Morgan fingerprint density at radius 1 is 1.21 bits per heavy atom. The maximum Gasteiger partial charge on any atom is 0.220 e. The molecular formula is C18H26N2O6S2. The van der Waals surface area contributed by atoms with Crippen molar-refractivity contribution in [2.45, 2.75) is 36.0 Å². The molecule has 156 valence electrons. The number of piperidine rings is 1. The number of aryl methyl sites for hydroxylation is 1. The van der Waals surface area contributed by atoms with E-state index in [0.717, 1.165) is 5.56 Å². The molecule has 0 aromatic heterocycles. The van der Waals surface area contributed by atoms with Crippen molar-refractivity contribution in [3.05, 3.63) is 23.8 Å². The van der Waals surface area contributed by atoms with Crippen molar-refractivity contribution in [2.75, 3.05) is 31.7 Å². The summed E-state index contributed by atoms with van der Waals surface area (Å²) in [5, 5.41) is -1.07. The number of carbonyl (C=O) groups excluding carboxylic acids is 1. The largest absolute Gasteiger partial charge is 0.495 e. The molecule has 2 saturated heterocycles. The number of sulfone groups is 2. The van der Waals surface area contributed by atoms with Crippen LogP contribution in [0.5, 0.6) is 5.75 Å². The molecule has 2 N–H and O–H groups in total. The summed E-state index contributed by atoms with van der Waals surface area (Å²) < 4.78 is 56.8. The van der Waals surface area contributed by atoms with Crippen LogP contribution in [0.15, 0.2) is 23.1 Å². The first-order chi connectivity index (χ1) is 13.0. The summed E-state index contributed by atoms with van der Waals surface area (Å²) in [6.07, 6.45) is 1.01. The Kier molecular flexibility index (Phi) is 5.75. The van der Waals surface area contributed by atoms with E-state index in [0.29, 0.717) is 25.9 Å². The van der Waals surface area contributed by atoms with Gasteiger partial charge >= 0.3 is 0 Å². The summed E-state index contributed by atoms with van der Waals surface area (Å²) in [5.74, 6) is -1.02. The molecule has 1 amide bonds. The van der Waals surface area contributed by atoms with E-state index in [1.165, 1.54) is 13.2 Å². The number of methoxy groups -OCH3 is 1. The molecule has 3 rings (SSSR count). The van der Waals surface area contributed by atoms with Gasteiger partial charge in [-0.3, -0.25) is 9.69 Å². The van der Waals surface area contributed by atoms with Crippen molar-refractivity contribution < 1.29 is 26.4 Å². The fraction of sp³-hybridized carbons (Fsp3) is 0.611.